The van der Waals surface area contributed by atoms with Gasteiger partial charge in [-0.25, -0.2) is 0 Å². The van der Waals surface area contributed by atoms with Crippen molar-refractivity contribution in [1.82, 2.24) is 0 Å². The minimum absolute atomic E-state index is 0.201. The maximum Gasteiger partial charge on any atom is 0.139 e. The van der Waals surface area contributed by atoms with Gasteiger partial charge in [0.2, 0.25) is 0 Å². The van der Waals surface area contributed by atoms with Crippen LogP contribution in [-0.2, 0) is 0 Å². The number of hydrogen-bond acceptors (Lipinski definition) is 3. The lowest BCUT2D eigenvalue weighted by Gasteiger charge is -2.09. The van der Waals surface area contributed by atoms with Crippen LogP contribution in [0.1, 0.15) is 12.8 Å². The number of rotatable bonds is 5. The Morgan fingerprint density at radius 1 is 1.24 bits per heavy atom. The first kappa shape index (κ1) is 14.2. The quantitative estimate of drug-likeness (QED) is 0.194. The number of nitrogens with zero attached hydrogens (tertiary/aromatic N) is 1. The number of hydrogen-bond donors (Lipinski definition) is 3. The fourth-order valence-corrected chi connectivity index (χ4v) is 1.81. The molecule has 0 atom stereocenters. The molecule has 0 aromatic heterocycles. The highest BCUT2D eigenvalue weighted by atomic mass is 35.5. The third-order valence-electron chi connectivity index (χ3n) is 2.06. The lowest BCUT2D eigenvalue weighted by Crippen LogP contribution is -2.13. The predicted molar refractivity (Wildman–Crippen MR) is 72.6 cm³/mol. The topological polar surface area (TPSA) is 70.6 Å². The number of halogens is 3. The van der Waals surface area contributed by atoms with E-state index in [0.29, 0.717) is 40.1 Å². The first-order chi connectivity index (χ1) is 8.04. The summed E-state index contributed by atoms with van der Waals surface area (Å²) in [6.07, 6.45) is 1.22. The number of anilines is 1. The maximum absolute atomic E-state index is 8.35. The summed E-state index contributed by atoms with van der Waals surface area (Å²) in [5, 5.41) is 15.7. The Morgan fingerprint density at radius 3 is 2.53 bits per heavy atom. The first-order valence-electron chi connectivity index (χ1n) is 4.89. The lowest BCUT2D eigenvalue weighted by atomic mass is 10.2. The average molecular weight is 297 g/mol. The lowest BCUT2D eigenvalue weighted by molar-refractivity contribution is 0.316. The summed E-state index contributed by atoms with van der Waals surface area (Å²) < 4.78 is 0. The standard InChI is InChI=1S/C10H12Cl3N3O/c11-6-4-8(13)9(5-7(6)12)15-3-1-2-10(14)16-17/h4-5,15,17H,1-3H2,(H2,14,16). The molecule has 0 heterocycles. The van der Waals surface area contributed by atoms with E-state index in [4.69, 9.17) is 45.7 Å². The zero-order valence-corrected chi connectivity index (χ0v) is 11.1. The number of oxime groups is 1. The van der Waals surface area contributed by atoms with Crippen LogP contribution in [0, 0.1) is 0 Å². The van der Waals surface area contributed by atoms with Gasteiger partial charge in [-0.2, -0.15) is 0 Å². The van der Waals surface area contributed by atoms with Crippen LogP contribution in [0.25, 0.3) is 0 Å². The molecule has 1 aromatic carbocycles. The average Bonchev–Trinajstić information content (AvgIpc) is 2.30. The second kappa shape index (κ2) is 6.79. The van der Waals surface area contributed by atoms with Gasteiger partial charge in [0.15, 0.2) is 0 Å². The Morgan fingerprint density at radius 2 is 1.88 bits per heavy atom. The fraction of sp³-hybridized carbons (Fsp3) is 0.300. The Balaban J connectivity index is 2.50. The summed E-state index contributed by atoms with van der Waals surface area (Å²) in [4.78, 5) is 0. The van der Waals surface area contributed by atoms with Gasteiger partial charge in [-0.15, -0.1) is 0 Å². The van der Waals surface area contributed by atoms with Gasteiger partial charge in [0, 0.05) is 13.0 Å². The molecule has 0 radical (unpaired) electrons. The second-order valence-electron chi connectivity index (χ2n) is 3.37. The van der Waals surface area contributed by atoms with Crippen molar-refractivity contribution in [2.75, 3.05) is 11.9 Å². The van der Waals surface area contributed by atoms with E-state index in [1.165, 1.54) is 0 Å². The third-order valence-corrected chi connectivity index (χ3v) is 3.10. The fourth-order valence-electron chi connectivity index (χ4n) is 1.20. The molecule has 1 aromatic rings. The van der Waals surface area contributed by atoms with Gasteiger partial charge in [-0.05, 0) is 18.6 Å². The van der Waals surface area contributed by atoms with Crippen molar-refractivity contribution in [3.8, 4) is 0 Å². The van der Waals surface area contributed by atoms with Crippen molar-refractivity contribution in [3.63, 3.8) is 0 Å². The molecule has 4 N–H and O–H groups in total. The van der Waals surface area contributed by atoms with Crippen molar-refractivity contribution in [2.24, 2.45) is 10.9 Å². The molecular formula is C10H12Cl3N3O. The SMILES string of the molecule is NC(CCCNc1cc(Cl)c(Cl)cc1Cl)=NO. The van der Waals surface area contributed by atoms with E-state index in [1.807, 2.05) is 0 Å². The van der Waals surface area contributed by atoms with Gasteiger partial charge in [0.05, 0.1) is 20.8 Å². The second-order valence-corrected chi connectivity index (χ2v) is 4.59. The van der Waals surface area contributed by atoms with E-state index < -0.39 is 0 Å². The molecule has 0 fully saturated rings. The van der Waals surface area contributed by atoms with Crippen LogP contribution in [0.4, 0.5) is 5.69 Å². The van der Waals surface area contributed by atoms with E-state index in [2.05, 4.69) is 10.5 Å². The summed E-state index contributed by atoms with van der Waals surface area (Å²) in [6, 6.07) is 3.24. The Bertz CT molecular complexity index is 424. The number of benzene rings is 1. The molecule has 0 bridgehead atoms. The Hall–Kier alpha value is -0.840. The van der Waals surface area contributed by atoms with Crippen molar-refractivity contribution in [1.29, 1.82) is 0 Å². The van der Waals surface area contributed by atoms with Crippen molar-refractivity contribution in [3.05, 3.63) is 27.2 Å². The highest BCUT2D eigenvalue weighted by molar-refractivity contribution is 6.44. The van der Waals surface area contributed by atoms with Crippen LogP contribution < -0.4 is 11.1 Å². The number of nitrogens with one attached hydrogen (secondary N) is 1. The maximum atomic E-state index is 8.35. The molecule has 0 aliphatic rings. The molecule has 94 valence electrons. The van der Waals surface area contributed by atoms with Gasteiger partial charge in [0.25, 0.3) is 0 Å². The van der Waals surface area contributed by atoms with Crippen LogP contribution >= 0.6 is 34.8 Å². The molecular weight excluding hydrogens is 284 g/mol. The van der Waals surface area contributed by atoms with Crippen molar-refractivity contribution >= 4 is 46.3 Å². The van der Waals surface area contributed by atoms with E-state index in [-0.39, 0.29) is 5.84 Å². The molecule has 7 heteroatoms. The Labute approximate surface area is 114 Å². The van der Waals surface area contributed by atoms with E-state index in [0.717, 1.165) is 0 Å². The zero-order valence-electron chi connectivity index (χ0n) is 8.88. The Kier molecular flexibility index (Phi) is 5.68. The van der Waals surface area contributed by atoms with Gasteiger partial charge < -0.3 is 16.3 Å². The largest absolute Gasteiger partial charge is 0.409 e. The summed E-state index contributed by atoms with van der Waals surface area (Å²) in [6.45, 7) is 0.633. The molecule has 17 heavy (non-hydrogen) atoms. The van der Waals surface area contributed by atoms with E-state index in [1.54, 1.807) is 12.1 Å². The molecule has 0 saturated carbocycles. The monoisotopic (exact) mass is 295 g/mol. The van der Waals surface area contributed by atoms with E-state index in [9.17, 15) is 0 Å². The zero-order chi connectivity index (χ0) is 12.8. The van der Waals surface area contributed by atoms with Crippen LogP contribution in [0.15, 0.2) is 17.3 Å². The minimum Gasteiger partial charge on any atom is -0.409 e. The molecule has 0 aliphatic carbocycles. The highest BCUT2D eigenvalue weighted by Crippen LogP contribution is 2.32. The molecule has 1 rings (SSSR count). The highest BCUT2D eigenvalue weighted by Gasteiger charge is 2.05. The smallest absolute Gasteiger partial charge is 0.139 e. The van der Waals surface area contributed by atoms with Gasteiger partial charge in [-0.3, -0.25) is 0 Å². The van der Waals surface area contributed by atoms with Gasteiger partial charge in [-0.1, -0.05) is 40.0 Å². The van der Waals surface area contributed by atoms with Crippen LogP contribution in [0.3, 0.4) is 0 Å². The van der Waals surface area contributed by atoms with E-state index >= 15 is 0 Å². The summed E-state index contributed by atoms with van der Waals surface area (Å²) in [7, 11) is 0. The van der Waals surface area contributed by atoms with Crippen LogP contribution in [-0.4, -0.2) is 17.6 Å². The third kappa shape index (κ3) is 4.50. The normalized spacial score (nSPS) is 11.6. The van der Waals surface area contributed by atoms with Crippen molar-refractivity contribution in [2.45, 2.75) is 12.8 Å². The summed E-state index contributed by atoms with van der Waals surface area (Å²) in [5.41, 5.74) is 6.04. The molecule has 0 saturated heterocycles. The predicted octanol–water partition coefficient (Wildman–Crippen LogP) is 3.59. The molecule has 0 spiro atoms. The van der Waals surface area contributed by atoms with Crippen LogP contribution in [0.5, 0.6) is 0 Å². The first-order valence-corrected chi connectivity index (χ1v) is 6.02. The summed E-state index contributed by atoms with van der Waals surface area (Å²) >= 11 is 17.6. The molecule has 4 nitrogen and oxygen atoms in total. The molecule has 0 unspecified atom stereocenters. The van der Waals surface area contributed by atoms with Gasteiger partial charge in [0.1, 0.15) is 5.84 Å². The minimum atomic E-state index is 0.201. The number of nitrogens with two attached hydrogens (primary N) is 1. The van der Waals surface area contributed by atoms with Gasteiger partial charge >= 0.3 is 0 Å². The molecule has 0 aliphatic heterocycles. The summed E-state index contributed by atoms with van der Waals surface area (Å²) in [5.74, 6) is 0.201. The number of amidine groups is 1. The van der Waals surface area contributed by atoms with Crippen LogP contribution in [0.2, 0.25) is 15.1 Å². The van der Waals surface area contributed by atoms with Crippen molar-refractivity contribution < 1.29 is 5.21 Å². The molecule has 0 amide bonds.